The molecule has 1 aliphatic rings. The van der Waals surface area contributed by atoms with Crippen LogP contribution in [0.25, 0.3) is 32.9 Å². The van der Waals surface area contributed by atoms with Crippen LogP contribution in [0.3, 0.4) is 0 Å². The third-order valence-electron chi connectivity index (χ3n) is 6.56. The molecule has 5 aromatic rings. The maximum Gasteiger partial charge on any atom is 0.259 e. The van der Waals surface area contributed by atoms with E-state index in [9.17, 15) is 14.7 Å². The Kier molecular flexibility index (Phi) is 4.99. The second-order valence-electron chi connectivity index (χ2n) is 8.72. The number of aromatic hydroxyl groups is 1. The van der Waals surface area contributed by atoms with Crippen molar-refractivity contribution in [2.45, 2.75) is 13.0 Å². The van der Waals surface area contributed by atoms with E-state index in [2.05, 4.69) is 15.2 Å². The van der Waals surface area contributed by atoms with Crippen molar-refractivity contribution < 1.29 is 14.7 Å². The summed E-state index contributed by atoms with van der Waals surface area (Å²) in [4.78, 5) is 25.9. The van der Waals surface area contributed by atoms with Crippen molar-refractivity contribution in [2.24, 2.45) is 0 Å². The second kappa shape index (κ2) is 8.33. The fourth-order valence-electron chi connectivity index (χ4n) is 5.05. The van der Waals surface area contributed by atoms with Gasteiger partial charge in [-0.2, -0.15) is 0 Å². The molecule has 4 aromatic carbocycles. The Morgan fingerprint density at radius 2 is 1.51 bits per heavy atom. The van der Waals surface area contributed by atoms with Gasteiger partial charge in [0, 0.05) is 35.1 Å². The van der Waals surface area contributed by atoms with Crippen LogP contribution in [-0.2, 0) is 6.54 Å². The number of para-hydroxylation sites is 1. The van der Waals surface area contributed by atoms with E-state index in [1.807, 2.05) is 72.8 Å². The first-order valence-corrected chi connectivity index (χ1v) is 11.6. The molecule has 0 unspecified atom stereocenters. The highest BCUT2D eigenvalue weighted by atomic mass is 16.3. The second-order valence-corrected chi connectivity index (χ2v) is 8.72. The first kappa shape index (κ1) is 21.0. The molecule has 0 spiro atoms. The molecule has 1 aromatic heterocycles. The number of hydrogen-bond donors (Lipinski definition) is 3. The Balaban J connectivity index is 1.52. The molecule has 0 saturated heterocycles. The fourth-order valence-corrected chi connectivity index (χ4v) is 5.05. The molecule has 3 N–H and O–H groups in total. The molecule has 0 fully saturated rings. The zero-order chi connectivity index (χ0) is 23.9. The summed E-state index contributed by atoms with van der Waals surface area (Å²) in [6.07, 6.45) is 0.845. The lowest BCUT2D eigenvalue weighted by molar-refractivity contribution is 0.0880. The number of aryl methyl sites for hydroxylation is 1. The van der Waals surface area contributed by atoms with Gasteiger partial charge < -0.3 is 15.0 Å². The van der Waals surface area contributed by atoms with Crippen molar-refractivity contribution in [2.75, 3.05) is 11.9 Å². The highest BCUT2D eigenvalue weighted by Gasteiger charge is 2.34. The smallest absolute Gasteiger partial charge is 0.259 e. The zero-order valence-corrected chi connectivity index (χ0v) is 18.9. The highest BCUT2D eigenvalue weighted by molar-refractivity contribution is 6.32. The molecule has 0 saturated carbocycles. The quantitative estimate of drug-likeness (QED) is 0.229. The van der Waals surface area contributed by atoms with E-state index in [1.54, 1.807) is 12.1 Å². The van der Waals surface area contributed by atoms with Crippen molar-refractivity contribution >= 4 is 39.3 Å². The number of nitrogens with one attached hydrogen (secondary N) is 2. The van der Waals surface area contributed by atoms with Crippen LogP contribution in [-0.4, -0.2) is 28.0 Å². The lowest BCUT2D eigenvalue weighted by Crippen LogP contribution is -2.20. The van der Waals surface area contributed by atoms with Crippen LogP contribution >= 0.6 is 0 Å². The average molecular weight is 462 g/mol. The number of fused-ring (bicyclic) bond motifs is 5. The molecule has 0 bridgehead atoms. The maximum atomic E-state index is 13.0. The van der Waals surface area contributed by atoms with E-state index in [4.69, 9.17) is 0 Å². The van der Waals surface area contributed by atoms with Crippen LogP contribution in [0.5, 0.6) is 5.75 Å². The Bertz CT molecular complexity index is 1610. The van der Waals surface area contributed by atoms with E-state index < -0.39 is 5.91 Å². The molecular weight excluding hydrogens is 438 g/mol. The van der Waals surface area contributed by atoms with Crippen molar-refractivity contribution in [3.63, 3.8) is 0 Å². The van der Waals surface area contributed by atoms with Crippen molar-refractivity contribution in [3.8, 4) is 16.9 Å². The third-order valence-corrected chi connectivity index (χ3v) is 6.56. The van der Waals surface area contributed by atoms with Crippen LogP contribution in [0, 0.1) is 0 Å². The number of phenolic OH excluding ortho intramolecular Hbond substituents is 1. The van der Waals surface area contributed by atoms with Gasteiger partial charge in [-0.25, -0.2) is 0 Å². The molecular formula is C29H23N3O3. The number of carbonyl (C=O) groups is 2. The Morgan fingerprint density at radius 1 is 0.800 bits per heavy atom. The van der Waals surface area contributed by atoms with Crippen LogP contribution in [0.2, 0.25) is 0 Å². The minimum atomic E-state index is -0.402. The number of anilines is 1. The van der Waals surface area contributed by atoms with Gasteiger partial charge in [-0.1, -0.05) is 48.5 Å². The fraction of sp³-hybridized carbons (Fsp3) is 0.103. The monoisotopic (exact) mass is 461 g/mol. The zero-order valence-electron chi connectivity index (χ0n) is 18.9. The van der Waals surface area contributed by atoms with Gasteiger partial charge >= 0.3 is 0 Å². The number of rotatable bonds is 6. The van der Waals surface area contributed by atoms with E-state index in [-0.39, 0.29) is 11.7 Å². The van der Waals surface area contributed by atoms with Gasteiger partial charge in [0.15, 0.2) is 0 Å². The van der Waals surface area contributed by atoms with Crippen LogP contribution in [0.15, 0.2) is 84.9 Å². The molecule has 2 amide bonds. The summed E-state index contributed by atoms with van der Waals surface area (Å²) in [6.45, 7) is 1.48. The number of phenols is 1. The van der Waals surface area contributed by atoms with Gasteiger partial charge in [0.1, 0.15) is 5.75 Å². The number of hydrogen-bond acceptors (Lipinski definition) is 4. The molecule has 6 nitrogen and oxygen atoms in total. The summed E-state index contributed by atoms with van der Waals surface area (Å²) in [7, 11) is 0. The summed E-state index contributed by atoms with van der Waals surface area (Å²) in [6, 6.07) is 26.9. The van der Waals surface area contributed by atoms with Gasteiger partial charge in [-0.15, -0.1) is 0 Å². The van der Waals surface area contributed by atoms with Gasteiger partial charge in [0.2, 0.25) is 0 Å². The molecule has 0 aliphatic carbocycles. The molecule has 0 atom stereocenters. The largest absolute Gasteiger partial charge is 0.508 e. The Labute approximate surface area is 201 Å². The molecule has 1 aliphatic heterocycles. The van der Waals surface area contributed by atoms with E-state index >= 15 is 0 Å². The summed E-state index contributed by atoms with van der Waals surface area (Å²) in [5, 5.41) is 17.6. The number of imide groups is 1. The number of aromatic nitrogens is 1. The van der Waals surface area contributed by atoms with Crippen molar-refractivity contribution in [1.29, 1.82) is 0 Å². The van der Waals surface area contributed by atoms with Gasteiger partial charge in [0.05, 0.1) is 16.6 Å². The minimum Gasteiger partial charge on any atom is -0.508 e. The molecule has 2 heterocycles. The SMILES string of the molecule is O=C1NC(=O)c2c1c(-c1ccccc1)cc1c2c2cc(O)ccc2n1CCCNc1ccccc1. The number of amides is 2. The molecule has 6 rings (SSSR count). The predicted molar refractivity (Wildman–Crippen MR) is 138 cm³/mol. The number of carbonyl (C=O) groups excluding carboxylic acids is 2. The summed E-state index contributed by atoms with van der Waals surface area (Å²) in [5.74, 6) is -0.673. The first-order valence-electron chi connectivity index (χ1n) is 11.6. The first-order chi connectivity index (χ1) is 17.1. The number of nitrogens with zero attached hydrogens (tertiary/aromatic N) is 1. The minimum absolute atomic E-state index is 0.118. The van der Waals surface area contributed by atoms with Gasteiger partial charge in [0.25, 0.3) is 11.8 Å². The normalized spacial score (nSPS) is 12.8. The highest BCUT2D eigenvalue weighted by Crippen LogP contribution is 2.41. The van der Waals surface area contributed by atoms with Crippen LogP contribution in [0.4, 0.5) is 5.69 Å². The standard InChI is InChI=1S/C29H23N3O3/c33-20-12-13-23-22(16-20)25-24(32(23)15-7-14-30-19-10-5-2-6-11-19)17-21(18-8-3-1-4-9-18)26-27(25)29(35)31-28(26)34/h1-6,8-13,16-17,30,33H,7,14-15H2,(H,31,34,35). The van der Waals surface area contributed by atoms with E-state index in [1.165, 1.54) is 0 Å². The summed E-state index contributed by atoms with van der Waals surface area (Å²) in [5.41, 5.74) is 5.22. The molecule has 0 radical (unpaired) electrons. The van der Waals surface area contributed by atoms with Gasteiger partial charge in [-0.3, -0.25) is 14.9 Å². The average Bonchev–Trinajstić information content (AvgIpc) is 3.35. The molecule has 172 valence electrons. The predicted octanol–water partition coefficient (Wildman–Crippen LogP) is 5.55. The maximum absolute atomic E-state index is 13.0. The summed E-state index contributed by atoms with van der Waals surface area (Å²) < 4.78 is 2.18. The Hall–Kier alpha value is -4.58. The van der Waals surface area contributed by atoms with Crippen LogP contribution < -0.4 is 10.6 Å². The topological polar surface area (TPSA) is 83.4 Å². The van der Waals surface area contributed by atoms with E-state index in [0.717, 1.165) is 46.2 Å². The lowest BCUT2D eigenvalue weighted by atomic mass is 9.93. The van der Waals surface area contributed by atoms with Crippen molar-refractivity contribution in [3.05, 3.63) is 96.1 Å². The van der Waals surface area contributed by atoms with Gasteiger partial charge in [-0.05, 0) is 53.9 Å². The third kappa shape index (κ3) is 3.51. The molecule has 35 heavy (non-hydrogen) atoms. The summed E-state index contributed by atoms with van der Waals surface area (Å²) >= 11 is 0. The van der Waals surface area contributed by atoms with Crippen LogP contribution in [0.1, 0.15) is 27.1 Å². The Morgan fingerprint density at radius 3 is 2.29 bits per heavy atom. The lowest BCUT2D eigenvalue weighted by Gasteiger charge is -2.12. The number of benzene rings is 4. The van der Waals surface area contributed by atoms with E-state index in [0.29, 0.717) is 23.1 Å². The molecule has 6 heteroatoms. The van der Waals surface area contributed by atoms with Crippen molar-refractivity contribution in [1.82, 2.24) is 9.88 Å².